The van der Waals surface area contributed by atoms with Gasteiger partial charge in [-0.3, -0.25) is 4.79 Å². The van der Waals surface area contributed by atoms with E-state index in [-0.39, 0.29) is 27.4 Å². The first-order valence-corrected chi connectivity index (χ1v) is 8.90. The average Bonchev–Trinajstić information content (AvgIpc) is 3.13. The van der Waals surface area contributed by atoms with Crippen LogP contribution in [-0.2, 0) is 9.05 Å². The number of halogens is 3. The Labute approximate surface area is 129 Å². The van der Waals surface area contributed by atoms with Crippen LogP contribution in [0.25, 0.3) is 0 Å². The first-order valence-electron chi connectivity index (χ1n) is 5.42. The lowest BCUT2D eigenvalue weighted by molar-refractivity contribution is 0.0785. The SMILES string of the molecule is CN(C(=O)c1cc(S(=O)(=O)Cl)cc(Br)c1Cl)C1CC1. The number of benzene rings is 1. The van der Waals surface area contributed by atoms with Crippen molar-refractivity contribution in [2.24, 2.45) is 0 Å². The Bertz CT molecular complexity index is 644. The highest BCUT2D eigenvalue weighted by Gasteiger charge is 2.31. The second kappa shape index (κ2) is 5.24. The Morgan fingerprint density at radius 1 is 1.42 bits per heavy atom. The standard InChI is InChI=1S/C11H10BrCl2NO3S/c1-15(6-2-3-6)11(16)8-4-7(19(14,17)18)5-9(12)10(8)13/h4-6H,2-3H2,1H3. The largest absolute Gasteiger partial charge is 0.339 e. The molecule has 0 aliphatic heterocycles. The van der Waals surface area contributed by atoms with Crippen molar-refractivity contribution >= 4 is 53.2 Å². The molecule has 0 bridgehead atoms. The van der Waals surface area contributed by atoms with E-state index >= 15 is 0 Å². The lowest BCUT2D eigenvalue weighted by atomic mass is 10.2. The summed E-state index contributed by atoms with van der Waals surface area (Å²) in [7, 11) is 3.05. The third-order valence-electron chi connectivity index (χ3n) is 2.93. The van der Waals surface area contributed by atoms with Gasteiger partial charge in [0, 0.05) is 28.2 Å². The maximum absolute atomic E-state index is 12.3. The molecule has 1 fully saturated rings. The molecule has 2 rings (SSSR count). The monoisotopic (exact) mass is 385 g/mol. The predicted octanol–water partition coefficient (Wildman–Crippen LogP) is 3.26. The number of nitrogens with zero attached hydrogens (tertiary/aromatic N) is 1. The smallest absolute Gasteiger partial charge is 0.261 e. The van der Waals surface area contributed by atoms with E-state index in [9.17, 15) is 13.2 Å². The van der Waals surface area contributed by atoms with Gasteiger partial charge < -0.3 is 4.90 Å². The highest BCUT2D eigenvalue weighted by atomic mass is 79.9. The quantitative estimate of drug-likeness (QED) is 0.749. The molecule has 0 heterocycles. The van der Waals surface area contributed by atoms with Gasteiger partial charge in [0.25, 0.3) is 15.0 Å². The molecule has 8 heteroatoms. The van der Waals surface area contributed by atoms with Crippen molar-refractivity contribution in [1.82, 2.24) is 4.90 Å². The van der Waals surface area contributed by atoms with E-state index in [0.717, 1.165) is 12.8 Å². The zero-order valence-corrected chi connectivity index (χ0v) is 13.8. The summed E-state index contributed by atoms with van der Waals surface area (Å²) in [5.74, 6) is -0.310. The van der Waals surface area contributed by atoms with Crippen LogP contribution in [0.4, 0.5) is 0 Å². The summed E-state index contributed by atoms with van der Waals surface area (Å²) in [5.41, 5.74) is 0.129. The lowest BCUT2D eigenvalue weighted by Crippen LogP contribution is -2.29. The van der Waals surface area contributed by atoms with Crippen LogP contribution >= 0.6 is 38.2 Å². The molecule has 1 aliphatic rings. The summed E-state index contributed by atoms with van der Waals surface area (Å²) < 4.78 is 23.1. The Morgan fingerprint density at radius 3 is 2.47 bits per heavy atom. The van der Waals surface area contributed by atoms with Crippen molar-refractivity contribution < 1.29 is 13.2 Å². The van der Waals surface area contributed by atoms with Crippen LogP contribution in [0.3, 0.4) is 0 Å². The first kappa shape index (κ1) is 15.1. The normalized spacial score (nSPS) is 15.4. The molecular formula is C11H10BrCl2NO3S. The zero-order valence-electron chi connectivity index (χ0n) is 9.86. The van der Waals surface area contributed by atoms with Gasteiger partial charge in [-0.15, -0.1) is 0 Å². The summed E-state index contributed by atoms with van der Waals surface area (Å²) in [6, 6.07) is 2.69. The van der Waals surface area contributed by atoms with E-state index < -0.39 is 9.05 Å². The molecule has 0 aromatic heterocycles. The van der Waals surface area contributed by atoms with Crippen molar-refractivity contribution in [3.8, 4) is 0 Å². The van der Waals surface area contributed by atoms with Gasteiger partial charge in [0.1, 0.15) is 0 Å². The van der Waals surface area contributed by atoms with Crippen molar-refractivity contribution in [2.75, 3.05) is 7.05 Å². The van der Waals surface area contributed by atoms with Gasteiger partial charge in [0.2, 0.25) is 0 Å². The van der Waals surface area contributed by atoms with Crippen LogP contribution in [-0.4, -0.2) is 32.3 Å². The van der Waals surface area contributed by atoms with E-state index in [4.69, 9.17) is 22.3 Å². The summed E-state index contributed by atoms with van der Waals surface area (Å²) in [6.07, 6.45) is 1.91. The first-order chi connectivity index (χ1) is 8.71. The number of rotatable bonds is 3. The van der Waals surface area contributed by atoms with E-state index in [0.29, 0.717) is 4.47 Å². The van der Waals surface area contributed by atoms with Gasteiger partial charge in [-0.25, -0.2) is 8.42 Å². The molecular weight excluding hydrogens is 377 g/mol. The Hall–Kier alpha value is -0.300. The molecule has 1 saturated carbocycles. The molecule has 0 unspecified atom stereocenters. The van der Waals surface area contributed by atoms with Crippen molar-refractivity contribution in [3.63, 3.8) is 0 Å². The fraction of sp³-hybridized carbons (Fsp3) is 0.364. The van der Waals surface area contributed by atoms with E-state index in [1.807, 2.05) is 0 Å². The molecule has 0 atom stereocenters. The molecule has 1 aromatic carbocycles. The topological polar surface area (TPSA) is 54.5 Å². The second-order valence-electron chi connectivity index (χ2n) is 4.35. The highest BCUT2D eigenvalue weighted by molar-refractivity contribution is 9.10. The van der Waals surface area contributed by atoms with E-state index in [1.54, 1.807) is 11.9 Å². The predicted molar refractivity (Wildman–Crippen MR) is 77.3 cm³/mol. The van der Waals surface area contributed by atoms with E-state index in [1.165, 1.54) is 12.1 Å². The van der Waals surface area contributed by atoms with Gasteiger partial charge in [-0.1, -0.05) is 11.6 Å². The minimum absolute atomic E-state index is 0.129. The molecule has 104 valence electrons. The van der Waals surface area contributed by atoms with Crippen molar-refractivity contribution in [1.29, 1.82) is 0 Å². The summed E-state index contributed by atoms with van der Waals surface area (Å²) in [6.45, 7) is 0. The zero-order chi connectivity index (χ0) is 14.4. The minimum Gasteiger partial charge on any atom is -0.339 e. The molecule has 0 N–H and O–H groups in total. The maximum atomic E-state index is 12.3. The molecule has 1 aliphatic carbocycles. The Morgan fingerprint density at radius 2 is 2.00 bits per heavy atom. The average molecular weight is 387 g/mol. The van der Waals surface area contributed by atoms with Crippen LogP contribution in [0.5, 0.6) is 0 Å². The number of hydrogen-bond acceptors (Lipinski definition) is 3. The van der Waals surface area contributed by atoms with Crippen LogP contribution in [0.15, 0.2) is 21.5 Å². The van der Waals surface area contributed by atoms with Gasteiger partial charge >= 0.3 is 0 Å². The van der Waals surface area contributed by atoms with Gasteiger partial charge in [-0.2, -0.15) is 0 Å². The van der Waals surface area contributed by atoms with Crippen molar-refractivity contribution in [3.05, 3.63) is 27.2 Å². The molecule has 0 spiro atoms. The molecule has 1 aromatic rings. The molecule has 0 radical (unpaired) electrons. The molecule has 0 saturated heterocycles. The fourth-order valence-electron chi connectivity index (χ4n) is 1.68. The molecule has 19 heavy (non-hydrogen) atoms. The van der Waals surface area contributed by atoms with Crippen LogP contribution in [0.2, 0.25) is 5.02 Å². The third-order valence-corrected chi connectivity index (χ3v) is 5.52. The fourth-order valence-corrected chi connectivity index (χ4v) is 3.26. The van der Waals surface area contributed by atoms with Gasteiger partial charge in [-0.05, 0) is 40.9 Å². The number of carbonyl (C=O) groups is 1. The Kier molecular flexibility index (Phi) is 4.16. The Balaban J connectivity index is 2.49. The summed E-state index contributed by atoms with van der Waals surface area (Å²) in [4.78, 5) is 13.7. The second-order valence-corrected chi connectivity index (χ2v) is 8.15. The minimum atomic E-state index is -3.92. The van der Waals surface area contributed by atoms with Crippen LogP contribution in [0.1, 0.15) is 23.2 Å². The van der Waals surface area contributed by atoms with Gasteiger partial charge in [0.15, 0.2) is 0 Å². The van der Waals surface area contributed by atoms with Crippen molar-refractivity contribution in [2.45, 2.75) is 23.8 Å². The number of amides is 1. The highest BCUT2D eigenvalue weighted by Crippen LogP contribution is 2.34. The van der Waals surface area contributed by atoms with Gasteiger partial charge in [0.05, 0.1) is 15.5 Å². The van der Waals surface area contributed by atoms with E-state index in [2.05, 4.69) is 15.9 Å². The summed E-state index contributed by atoms with van der Waals surface area (Å²) >= 11 is 9.18. The molecule has 4 nitrogen and oxygen atoms in total. The number of hydrogen-bond donors (Lipinski definition) is 0. The maximum Gasteiger partial charge on any atom is 0.261 e. The number of carbonyl (C=O) groups excluding carboxylic acids is 1. The summed E-state index contributed by atoms with van der Waals surface area (Å²) in [5, 5.41) is 0.182. The third kappa shape index (κ3) is 3.24. The molecule has 1 amide bonds. The lowest BCUT2D eigenvalue weighted by Gasteiger charge is -2.18. The van der Waals surface area contributed by atoms with Crippen LogP contribution in [0, 0.1) is 0 Å². The van der Waals surface area contributed by atoms with Crippen LogP contribution < -0.4 is 0 Å².